The lowest BCUT2D eigenvalue weighted by atomic mass is 10.2. The molecule has 5 nitrogen and oxygen atoms in total. The van der Waals surface area contributed by atoms with Gasteiger partial charge in [0.05, 0.1) is 31.6 Å². The Labute approximate surface area is 144 Å². The van der Waals surface area contributed by atoms with Gasteiger partial charge in [0.2, 0.25) is 0 Å². The fraction of sp³-hybridized carbons (Fsp3) is 0.111. The van der Waals surface area contributed by atoms with Gasteiger partial charge in [0.1, 0.15) is 11.5 Å². The van der Waals surface area contributed by atoms with Crippen LogP contribution in [0.2, 0.25) is 5.02 Å². The number of benzene rings is 2. The fourth-order valence-electron chi connectivity index (χ4n) is 2.32. The lowest BCUT2D eigenvalue weighted by Crippen LogP contribution is -1.96. The lowest BCUT2D eigenvalue weighted by Gasteiger charge is -2.08. The van der Waals surface area contributed by atoms with Gasteiger partial charge in [-0.05, 0) is 36.4 Å². The highest BCUT2D eigenvalue weighted by Gasteiger charge is 2.04. The number of ether oxygens (including phenoxy) is 2. The van der Waals surface area contributed by atoms with Crippen molar-refractivity contribution in [2.24, 2.45) is 5.10 Å². The number of methoxy groups -OCH3 is 2. The first-order chi connectivity index (χ1) is 11.7. The summed E-state index contributed by atoms with van der Waals surface area (Å²) < 4.78 is 10.5. The van der Waals surface area contributed by atoms with E-state index in [1.165, 1.54) is 0 Å². The van der Waals surface area contributed by atoms with Crippen LogP contribution in [0, 0.1) is 0 Å². The van der Waals surface area contributed by atoms with Crippen molar-refractivity contribution in [3.8, 4) is 11.5 Å². The maximum absolute atomic E-state index is 6.00. The molecule has 6 heteroatoms. The highest BCUT2D eigenvalue weighted by atomic mass is 35.5. The van der Waals surface area contributed by atoms with Crippen LogP contribution in [-0.2, 0) is 0 Å². The molecule has 0 saturated heterocycles. The molecular weight excluding hydrogens is 326 g/mol. The second-order valence-electron chi connectivity index (χ2n) is 5.00. The second kappa shape index (κ2) is 7.19. The number of hydrazone groups is 1. The van der Waals surface area contributed by atoms with E-state index in [-0.39, 0.29) is 0 Å². The summed E-state index contributed by atoms with van der Waals surface area (Å²) in [7, 11) is 3.23. The molecule has 0 unspecified atom stereocenters. The molecule has 0 aliphatic carbocycles. The molecule has 1 heterocycles. The van der Waals surface area contributed by atoms with E-state index in [0.29, 0.717) is 10.8 Å². The molecule has 0 bridgehead atoms. The molecule has 0 saturated carbocycles. The molecule has 122 valence electrons. The van der Waals surface area contributed by atoms with Crippen molar-refractivity contribution >= 4 is 34.4 Å². The van der Waals surface area contributed by atoms with Crippen LogP contribution in [0.3, 0.4) is 0 Å². The molecule has 0 amide bonds. The average molecular weight is 342 g/mol. The van der Waals surface area contributed by atoms with Crippen LogP contribution in [0.1, 0.15) is 5.56 Å². The number of hydrogen-bond acceptors (Lipinski definition) is 5. The summed E-state index contributed by atoms with van der Waals surface area (Å²) in [6.45, 7) is 0. The third-order valence-corrected chi connectivity index (χ3v) is 3.77. The first-order valence-corrected chi connectivity index (χ1v) is 7.64. The first-order valence-electron chi connectivity index (χ1n) is 7.26. The summed E-state index contributed by atoms with van der Waals surface area (Å²) in [6.07, 6.45) is 3.41. The van der Waals surface area contributed by atoms with Crippen LogP contribution < -0.4 is 14.9 Å². The number of halogens is 1. The first kappa shape index (κ1) is 16.1. The van der Waals surface area contributed by atoms with Crippen LogP contribution in [0.4, 0.5) is 5.69 Å². The van der Waals surface area contributed by atoms with Crippen molar-refractivity contribution in [3.05, 3.63) is 59.2 Å². The van der Waals surface area contributed by atoms with Crippen molar-refractivity contribution in [1.82, 2.24) is 4.98 Å². The molecule has 24 heavy (non-hydrogen) atoms. The Morgan fingerprint density at radius 1 is 1.08 bits per heavy atom. The average Bonchev–Trinajstić information content (AvgIpc) is 2.61. The second-order valence-corrected chi connectivity index (χ2v) is 5.43. The van der Waals surface area contributed by atoms with E-state index in [1.54, 1.807) is 26.6 Å². The van der Waals surface area contributed by atoms with E-state index in [1.807, 2.05) is 42.5 Å². The molecule has 1 N–H and O–H groups in total. The molecule has 0 radical (unpaired) electrons. The third kappa shape index (κ3) is 3.41. The van der Waals surface area contributed by atoms with Gasteiger partial charge in [-0.25, -0.2) is 0 Å². The van der Waals surface area contributed by atoms with Gasteiger partial charge in [-0.2, -0.15) is 5.10 Å². The highest BCUT2D eigenvalue weighted by Crippen LogP contribution is 2.25. The van der Waals surface area contributed by atoms with E-state index >= 15 is 0 Å². The Hall–Kier alpha value is -2.79. The van der Waals surface area contributed by atoms with Gasteiger partial charge >= 0.3 is 0 Å². The Morgan fingerprint density at radius 3 is 2.75 bits per heavy atom. The minimum absolute atomic E-state index is 0.652. The van der Waals surface area contributed by atoms with E-state index in [9.17, 15) is 0 Å². The Kier molecular flexibility index (Phi) is 4.82. The predicted octanol–water partition coefficient (Wildman–Crippen LogP) is 4.35. The van der Waals surface area contributed by atoms with Gasteiger partial charge in [-0.15, -0.1) is 0 Å². The van der Waals surface area contributed by atoms with Crippen LogP contribution >= 0.6 is 11.6 Å². The fourth-order valence-corrected chi connectivity index (χ4v) is 2.48. The topological polar surface area (TPSA) is 55.7 Å². The SMILES string of the molecule is COc1ccc(/C=N/Nc2ccnc3cc(Cl)ccc23)c(OC)c1. The maximum atomic E-state index is 6.00. The smallest absolute Gasteiger partial charge is 0.131 e. The molecule has 2 aromatic carbocycles. The van der Waals surface area contributed by atoms with E-state index in [2.05, 4.69) is 15.5 Å². The number of anilines is 1. The number of pyridine rings is 1. The summed E-state index contributed by atoms with van der Waals surface area (Å²) in [5.74, 6) is 1.42. The van der Waals surface area contributed by atoms with Gasteiger partial charge in [0.15, 0.2) is 0 Å². The van der Waals surface area contributed by atoms with Gasteiger partial charge in [-0.1, -0.05) is 11.6 Å². The Bertz CT molecular complexity index is 897. The van der Waals surface area contributed by atoms with Crippen molar-refractivity contribution < 1.29 is 9.47 Å². The number of fused-ring (bicyclic) bond motifs is 1. The summed E-state index contributed by atoms with van der Waals surface area (Å²) in [5, 5.41) is 5.89. The Balaban J connectivity index is 1.85. The van der Waals surface area contributed by atoms with Crippen molar-refractivity contribution in [2.75, 3.05) is 19.6 Å². The number of nitrogens with zero attached hydrogens (tertiary/aromatic N) is 2. The molecule has 1 aromatic heterocycles. The lowest BCUT2D eigenvalue weighted by molar-refractivity contribution is 0.394. The minimum atomic E-state index is 0.652. The van der Waals surface area contributed by atoms with E-state index < -0.39 is 0 Å². The van der Waals surface area contributed by atoms with Gasteiger partial charge < -0.3 is 9.47 Å². The molecular formula is C18H16ClN3O2. The zero-order valence-corrected chi connectivity index (χ0v) is 14.0. The van der Waals surface area contributed by atoms with Crippen LogP contribution in [0.25, 0.3) is 10.9 Å². The number of aromatic nitrogens is 1. The monoisotopic (exact) mass is 341 g/mol. The molecule has 0 atom stereocenters. The largest absolute Gasteiger partial charge is 0.497 e. The summed E-state index contributed by atoms with van der Waals surface area (Å²) in [6, 6.07) is 13.0. The van der Waals surface area contributed by atoms with Crippen LogP contribution in [-0.4, -0.2) is 25.4 Å². The van der Waals surface area contributed by atoms with Crippen LogP contribution in [0.5, 0.6) is 11.5 Å². The quantitative estimate of drug-likeness (QED) is 0.553. The van der Waals surface area contributed by atoms with Crippen molar-refractivity contribution in [3.63, 3.8) is 0 Å². The third-order valence-electron chi connectivity index (χ3n) is 3.53. The molecule has 0 spiro atoms. The van der Waals surface area contributed by atoms with Crippen molar-refractivity contribution in [2.45, 2.75) is 0 Å². The zero-order chi connectivity index (χ0) is 16.9. The predicted molar refractivity (Wildman–Crippen MR) is 97.5 cm³/mol. The summed E-state index contributed by atoms with van der Waals surface area (Å²) in [4.78, 5) is 4.31. The van der Waals surface area contributed by atoms with Gasteiger partial charge in [-0.3, -0.25) is 10.4 Å². The molecule has 0 aliphatic heterocycles. The standard InChI is InChI=1S/C18H16ClN3O2/c1-23-14-5-3-12(18(10-14)24-2)11-21-22-16-7-8-20-17-9-13(19)4-6-15(16)17/h3-11H,1-2H3,(H,20,22)/b21-11+. The van der Waals surface area contributed by atoms with E-state index in [4.69, 9.17) is 21.1 Å². The number of nitrogens with one attached hydrogen (secondary N) is 1. The molecule has 0 fully saturated rings. The summed E-state index contributed by atoms with van der Waals surface area (Å²) >= 11 is 6.00. The van der Waals surface area contributed by atoms with Crippen molar-refractivity contribution in [1.29, 1.82) is 0 Å². The molecule has 3 aromatic rings. The Morgan fingerprint density at radius 2 is 1.96 bits per heavy atom. The normalized spacial score (nSPS) is 11.0. The molecule has 0 aliphatic rings. The number of rotatable bonds is 5. The van der Waals surface area contributed by atoms with Gasteiger partial charge in [0.25, 0.3) is 0 Å². The van der Waals surface area contributed by atoms with E-state index in [0.717, 1.165) is 27.9 Å². The van der Waals surface area contributed by atoms with Crippen LogP contribution in [0.15, 0.2) is 53.8 Å². The minimum Gasteiger partial charge on any atom is -0.497 e. The van der Waals surface area contributed by atoms with Gasteiger partial charge in [0, 0.05) is 28.2 Å². The summed E-state index contributed by atoms with van der Waals surface area (Å²) in [5.41, 5.74) is 5.53. The molecule has 3 rings (SSSR count). The highest BCUT2D eigenvalue weighted by molar-refractivity contribution is 6.31. The maximum Gasteiger partial charge on any atom is 0.131 e. The zero-order valence-electron chi connectivity index (χ0n) is 13.3. The number of hydrogen-bond donors (Lipinski definition) is 1.